The summed E-state index contributed by atoms with van der Waals surface area (Å²) in [6, 6.07) is 4.04. The lowest BCUT2D eigenvalue weighted by Gasteiger charge is -2.13. The first-order chi connectivity index (χ1) is 7.56. The van der Waals surface area contributed by atoms with Crippen molar-refractivity contribution < 1.29 is 9.18 Å². The third kappa shape index (κ3) is 3.03. The fraction of sp³-hybridized carbons (Fsp3) is 0.417. The molecule has 0 saturated carbocycles. The van der Waals surface area contributed by atoms with Gasteiger partial charge in [0.25, 0.3) is 0 Å². The van der Waals surface area contributed by atoms with Gasteiger partial charge in [0.2, 0.25) is 5.91 Å². The van der Waals surface area contributed by atoms with E-state index in [-0.39, 0.29) is 11.7 Å². The minimum Gasteiger partial charge on any atom is -0.324 e. The van der Waals surface area contributed by atoms with Gasteiger partial charge in [0, 0.05) is 11.3 Å². The predicted molar refractivity (Wildman–Crippen MR) is 62.7 cm³/mol. The van der Waals surface area contributed by atoms with Gasteiger partial charge in [-0.1, -0.05) is 19.4 Å². The van der Waals surface area contributed by atoms with Crippen LogP contribution in [0.3, 0.4) is 0 Å². The maximum Gasteiger partial charge on any atom is 0.241 e. The van der Waals surface area contributed by atoms with Crippen LogP contribution in [0.5, 0.6) is 0 Å². The second kappa shape index (κ2) is 5.61. The molecule has 0 aliphatic carbocycles. The first-order valence-electron chi connectivity index (χ1n) is 5.37. The van der Waals surface area contributed by atoms with Crippen molar-refractivity contribution in [2.45, 2.75) is 32.7 Å². The Balaban J connectivity index is 2.73. The fourth-order valence-electron chi connectivity index (χ4n) is 1.41. The zero-order valence-electron chi connectivity index (χ0n) is 9.59. The minimum atomic E-state index is -0.535. The predicted octanol–water partition coefficient (Wildman–Crippen LogP) is 2.20. The SMILES string of the molecule is CCC[C@@H](N)C(=O)Nc1cccc(F)c1C. The highest BCUT2D eigenvalue weighted by Crippen LogP contribution is 2.17. The topological polar surface area (TPSA) is 55.1 Å². The Bertz CT molecular complexity index is 379. The summed E-state index contributed by atoms with van der Waals surface area (Å²) < 4.78 is 13.2. The Morgan fingerprint density at radius 3 is 2.88 bits per heavy atom. The van der Waals surface area contributed by atoms with Gasteiger partial charge in [-0.15, -0.1) is 0 Å². The van der Waals surface area contributed by atoms with Crippen LogP contribution in [0.2, 0.25) is 0 Å². The number of carbonyl (C=O) groups is 1. The molecule has 3 nitrogen and oxygen atoms in total. The van der Waals surface area contributed by atoms with Gasteiger partial charge in [0.05, 0.1) is 6.04 Å². The molecule has 1 aromatic carbocycles. The molecule has 3 N–H and O–H groups in total. The van der Waals surface area contributed by atoms with Crippen LogP contribution >= 0.6 is 0 Å². The summed E-state index contributed by atoms with van der Waals surface area (Å²) in [5.41, 5.74) is 6.57. The second-order valence-electron chi connectivity index (χ2n) is 3.80. The molecule has 0 bridgehead atoms. The quantitative estimate of drug-likeness (QED) is 0.823. The van der Waals surface area contributed by atoms with E-state index in [0.717, 1.165) is 6.42 Å². The maximum absolute atomic E-state index is 13.2. The Labute approximate surface area is 94.8 Å². The van der Waals surface area contributed by atoms with Crippen molar-refractivity contribution in [3.63, 3.8) is 0 Å². The maximum atomic E-state index is 13.2. The van der Waals surface area contributed by atoms with E-state index in [1.54, 1.807) is 19.1 Å². The van der Waals surface area contributed by atoms with Gasteiger partial charge < -0.3 is 11.1 Å². The molecular weight excluding hydrogens is 207 g/mol. The molecule has 0 unspecified atom stereocenters. The molecule has 0 saturated heterocycles. The third-order valence-corrected chi connectivity index (χ3v) is 2.46. The van der Waals surface area contributed by atoms with Gasteiger partial charge in [-0.2, -0.15) is 0 Å². The molecule has 0 fully saturated rings. The zero-order chi connectivity index (χ0) is 12.1. The minimum absolute atomic E-state index is 0.268. The highest BCUT2D eigenvalue weighted by atomic mass is 19.1. The molecule has 0 spiro atoms. The van der Waals surface area contributed by atoms with Gasteiger partial charge in [0.1, 0.15) is 5.82 Å². The summed E-state index contributed by atoms with van der Waals surface area (Å²) in [4.78, 5) is 11.6. The number of hydrogen-bond donors (Lipinski definition) is 2. The van der Waals surface area contributed by atoms with Crippen molar-refractivity contribution >= 4 is 11.6 Å². The number of hydrogen-bond acceptors (Lipinski definition) is 2. The van der Waals surface area contributed by atoms with E-state index in [1.807, 2.05) is 6.92 Å². The largest absolute Gasteiger partial charge is 0.324 e. The van der Waals surface area contributed by atoms with Crippen molar-refractivity contribution in [3.8, 4) is 0 Å². The molecule has 1 amide bonds. The number of nitrogens with one attached hydrogen (secondary N) is 1. The molecule has 16 heavy (non-hydrogen) atoms. The lowest BCUT2D eigenvalue weighted by molar-refractivity contribution is -0.117. The first kappa shape index (κ1) is 12.6. The standard InChI is InChI=1S/C12H17FN2O/c1-3-5-10(14)12(16)15-11-7-4-6-9(13)8(11)2/h4,6-7,10H,3,5,14H2,1-2H3,(H,15,16)/t10-/m1/s1. The van der Waals surface area contributed by atoms with Crippen molar-refractivity contribution in [1.29, 1.82) is 0 Å². The van der Waals surface area contributed by atoms with Crippen LogP contribution in [-0.4, -0.2) is 11.9 Å². The monoisotopic (exact) mass is 224 g/mol. The number of halogens is 1. The summed E-state index contributed by atoms with van der Waals surface area (Å²) in [7, 11) is 0. The van der Waals surface area contributed by atoms with E-state index in [0.29, 0.717) is 17.7 Å². The Morgan fingerprint density at radius 2 is 2.25 bits per heavy atom. The van der Waals surface area contributed by atoms with Gasteiger partial charge >= 0.3 is 0 Å². The van der Waals surface area contributed by atoms with Crippen LogP contribution < -0.4 is 11.1 Å². The van der Waals surface area contributed by atoms with E-state index >= 15 is 0 Å². The molecule has 1 atom stereocenters. The number of amides is 1. The highest BCUT2D eigenvalue weighted by molar-refractivity contribution is 5.95. The number of anilines is 1. The molecular formula is C12H17FN2O. The zero-order valence-corrected chi connectivity index (χ0v) is 9.59. The van der Waals surface area contributed by atoms with Crippen LogP contribution in [0.25, 0.3) is 0 Å². The normalized spacial score (nSPS) is 12.2. The number of carbonyl (C=O) groups excluding carboxylic acids is 1. The Morgan fingerprint density at radius 1 is 1.56 bits per heavy atom. The van der Waals surface area contributed by atoms with E-state index in [1.165, 1.54) is 6.07 Å². The van der Waals surface area contributed by atoms with Crippen molar-refractivity contribution in [2.24, 2.45) is 5.73 Å². The van der Waals surface area contributed by atoms with E-state index in [2.05, 4.69) is 5.32 Å². The Hall–Kier alpha value is -1.42. The van der Waals surface area contributed by atoms with Crippen molar-refractivity contribution in [2.75, 3.05) is 5.32 Å². The van der Waals surface area contributed by atoms with Crippen LogP contribution in [-0.2, 0) is 4.79 Å². The van der Waals surface area contributed by atoms with Crippen LogP contribution in [0.4, 0.5) is 10.1 Å². The summed E-state index contributed by atoms with van der Waals surface area (Å²) in [6.45, 7) is 3.58. The lowest BCUT2D eigenvalue weighted by Crippen LogP contribution is -2.35. The average Bonchev–Trinajstić information content (AvgIpc) is 2.25. The lowest BCUT2D eigenvalue weighted by atomic mass is 10.1. The number of benzene rings is 1. The molecule has 1 aromatic rings. The average molecular weight is 224 g/mol. The molecule has 0 aromatic heterocycles. The van der Waals surface area contributed by atoms with Gasteiger partial charge in [0.15, 0.2) is 0 Å². The van der Waals surface area contributed by atoms with E-state index < -0.39 is 6.04 Å². The van der Waals surface area contributed by atoms with Gasteiger partial charge in [-0.3, -0.25) is 4.79 Å². The van der Waals surface area contributed by atoms with Gasteiger partial charge in [-0.05, 0) is 25.5 Å². The van der Waals surface area contributed by atoms with E-state index in [9.17, 15) is 9.18 Å². The van der Waals surface area contributed by atoms with Crippen LogP contribution in [0.1, 0.15) is 25.3 Å². The van der Waals surface area contributed by atoms with E-state index in [4.69, 9.17) is 5.73 Å². The second-order valence-corrected chi connectivity index (χ2v) is 3.80. The van der Waals surface area contributed by atoms with Crippen molar-refractivity contribution in [3.05, 3.63) is 29.6 Å². The van der Waals surface area contributed by atoms with Crippen LogP contribution in [0.15, 0.2) is 18.2 Å². The smallest absolute Gasteiger partial charge is 0.241 e. The van der Waals surface area contributed by atoms with Crippen molar-refractivity contribution in [1.82, 2.24) is 0 Å². The molecule has 0 heterocycles. The molecule has 0 aliphatic heterocycles. The van der Waals surface area contributed by atoms with Crippen LogP contribution in [0, 0.1) is 12.7 Å². The Kier molecular flexibility index (Phi) is 4.43. The number of rotatable bonds is 4. The summed E-state index contributed by atoms with van der Waals surface area (Å²) in [6.07, 6.45) is 1.47. The highest BCUT2D eigenvalue weighted by Gasteiger charge is 2.13. The number of nitrogens with two attached hydrogens (primary N) is 1. The van der Waals surface area contributed by atoms with Gasteiger partial charge in [-0.25, -0.2) is 4.39 Å². The summed E-state index contributed by atoms with van der Waals surface area (Å²) in [5.74, 6) is -0.600. The molecule has 1 rings (SSSR count). The molecule has 88 valence electrons. The summed E-state index contributed by atoms with van der Waals surface area (Å²) in [5, 5.41) is 2.63. The molecule has 0 aliphatic rings. The fourth-order valence-corrected chi connectivity index (χ4v) is 1.41. The summed E-state index contributed by atoms with van der Waals surface area (Å²) >= 11 is 0. The third-order valence-electron chi connectivity index (χ3n) is 2.46. The first-order valence-corrected chi connectivity index (χ1v) is 5.37. The molecule has 0 radical (unpaired) electrons. The molecule has 4 heteroatoms.